The van der Waals surface area contributed by atoms with E-state index in [9.17, 15) is 0 Å². The minimum Gasteiger partial charge on any atom is -0.383 e. The molecule has 6 aromatic rings. The summed E-state index contributed by atoms with van der Waals surface area (Å²) in [5.74, 6) is -0.409. The molecule has 0 amide bonds. The van der Waals surface area contributed by atoms with Crippen molar-refractivity contribution in [3.8, 4) is 0 Å². The minimum atomic E-state index is -0.204. The average Bonchev–Trinajstić information content (AvgIpc) is 4.29. The van der Waals surface area contributed by atoms with E-state index in [-0.39, 0.29) is 36.5 Å². The Bertz CT molecular complexity index is 2410. The maximum Gasteiger partial charge on any atom is 0.198 e. The largest absolute Gasteiger partial charge is 0.383 e. The molecule has 4 heterocycles. The zero-order valence-corrected chi connectivity index (χ0v) is 40.7. The molecular formula is C58H64N8O6. The maximum absolute atomic E-state index is 15.7. The summed E-state index contributed by atoms with van der Waals surface area (Å²) in [4.78, 5) is 40.6. The predicted octanol–water partition coefficient (Wildman–Crippen LogP) is 8.23. The summed E-state index contributed by atoms with van der Waals surface area (Å²) >= 11 is 0. The second-order valence-electron chi connectivity index (χ2n) is 18.9. The van der Waals surface area contributed by atoms with Crippen molar-refractivity contribution in [2.75, 3.05) is 126 Å². The molecule has 72 heavy (non-hydrogen) atoms. The van der Waals surface area contributed by atoms with Gasteiger partial charge in [0.1, 0.15) is 24.9 Å². The number of benzene rings is 6. The van der Waals surface area contributed by atoms with Gasteiger partial charge in [0.15, 0.2) is 11.6 Å². The number of anilines is 4. The highest BCUT2D eigenvalue weighted by Gasteiger charge is 2.39. The van der Waals surface area contributed by atoms with Crippen molar-refractivity contribution in [3.63, 3.8) is 0 Å². The van der Waals surface area contributed by atoms with Gasteiger partial charge in [0, 0.05) is 101 Å². The number of carbonyl (C=O) groups excluding carboxylic acids is 2. The molecule has 5 aliphatic rings. The number of hydrogen-bond acceptors (Lipinski definition) is 14. The molecule has 1 aliphatic carbocycles. The van der Waals surface area contributed by atoms with Crippen molar-refractivity contribution < 1.29 is 28.5 Å². The van der Waals surface area contributed by atoms with E-state index in [2.05, 4.69) is 89.4 Å². The molecule has 0 aromatic heterocycles. The number of fused-ring (bicyclic) bond motifs is 2. The third kappa shape index (κ3) is 10.3. The lowest BCUT2D eigenvalue weighted by Gasteiger charge is -2.29. The highest BCUT2D eigenvalue weighted by Crippen LogP contribution is 2.42. The number of ether oxygens (including phenoxy) is 4. The summed E-state index contributed by atoms with van der Waals surface area (Å²) in [6, 6.07) is 48.9. The number of nitrogens with zero attached hydrogens (tertiary/aromatic N) is 4. The summed E-state index contributed by atoms with van der Waals surface area (Å²) in [7, 11) is 0. The Morgan fingerprint density at radius 1 is 0.333 bits per heavy atom. The van der Waals surface area contributed by atoms with Crippen LogP contribution in [0.3, 0.4) is 0 Å². The normalized spacial score (nSPS) is 21.5. The molecule has 4 N–H and O–H groups in total. The first-order valence-electron chi connectivity index (χ1n) is 25.6. The van der Waals surface area contributed by atoms with Gasteiger partial charge in [-0.15, -0.1) is 0 Å². The van der Waals surface area contributed by atoms with E-state index >= 15 is 9.59 Å². The summed E-state index contributed by atoms with van der Waals surface area (Å²) in [6.07, 6.45) is -0.600. The zero-order valence-electron chi connectivity index (χ0n) is 40.7. The Morgan fingerprint density at radius 3 is 0.778 bits per heavy atom. The van der Waals surface area contributed by atoms with E-state index in [1.165, 1.54) is 0 Å². The number of hydrogen-bond donors (Lipinski definition) is 4. The first kappa shape index (κ1) is 47.8. The average molecular weight is 969 g/mol. The molecule has 14 heteroatoms. The summed E-state index contributed by atoms with van der Waals surface area (Å²) in [5.41, 5.74) is 8.42. The molecule has 4 aliphatic heterocycles. The van der Waals surface area contributed by atoms with Gasteiger partial charge >= 0.3 is 0 Å². The maximum atomic E-state index is 15.7. The number of ketones is 2. The van der Waals surface area contributed by atoms with Gasteiger partial charge in [0.25, 0.3) is 0 Å². The number of rotatable bonds is 20. The van der Waals surface area contributed by atoms with Crippen molar-refractivity contribution in [1.29, 1.82) is 0 Å². The molecule has 0 bridgehead atoms. The van der Waals surface area contributed by atoms with Crippen LogP contribution >= 0.6 is 0 Å². The van der Waals surface area contributed by atoms with Crippen LogP contribution in [0.15, 0.2) is 146 Å². The highest BCUT2D eigenvalue weighted by atomic mass is 16.5. The van der Waals surface area contributed by atoms with Crippen LogP contribution in [0.5, 0.6) is 0 Å². The van der Waals surface area contributed by atoms with E-state index in [4.69, 9.17) is 18.9 Å². The molecule has 4 unspecified atom stereocenters. The fraction of sp³-hybridized carbons (Fsp3) is 0.345. The topological polar surface area (TPSA) is 132 Å². The molecule has 0 radical (unpaired) electrons. The fourth-order valence-corrected chi connectivity index (χ4v) is 11.0. The van der Waals surface area contributed by atoms with Crippen molar-refractivity contribution in [1.82, 2.24) is 19.6 Å². The van der Waals surface area contributed by atoms with Gasteiger partial charge in [-0.2, -0.15) is 0 Å². The van der Waals surface area contributed by atoms with Crippen LogP contribution in [0, 0.1) is 0 Å². The quantitative estimate of drug-likeness (QED) is 0.0585. The highest BCUT2D eigenvalue weighted by molar-refractivity contribution is 6.35. The Labute approximate surface area is 422 Å². The molecular weight excluding hydrogens is 905 g/mol. The van der Waals surface area contributed by atoms with Gasteiger partial charge in [0.05, 0.1) is 48.7 Å². The van der Waals surface area contributed by atoms with Crippen molar-refractivity contribution in [3.05, 3.63) is 190 Å². The van der Waals surface area contributed by atoms with Crippen LogP contribution in [0.4, 0.5) is 22.7 Å². The summed E-state index contributed by atoms with van der Waals surface area (Å²) in [5, 5.41) is 14.5. The van der Waals surface area contributed by atoms with E-state index in [0.717, 1.165) is 48.4 Å². The van der Waals surface area contributed by atoms with Crippen LogP contribution < -0.4 is 21.3 Å². The van der Waals surface area contributed by atoms with Gasteiger partial charge in [-0.1, -0.05) is 121 Å². The van der Waals surface area contributed by atoms with Gasteiger partial charge in [0.2, 0.25) is 0 Å². The lowest BCUT2D eigenvalue weighted by molar-refractivity contribution is 0.0346. The SMILES string of the molecule is O=C1c2c(NCCN3CCOC3c3ccccc3)ccc(NCCN3CCOC3c3ccccc3)c2C(=O)c2c(NCCN3CCOC3c3ccccc3)ccc(NCCN3CCOC3c3ccccc3)c21. The monoisotopic (exact) mass is 968 g/mol. The standard InChI is InChI=1S/C58H64N8O6/c67-53-49-45(59-25-29-63-33-37-69-55(63)41-13-5-1-6-14-41)21-22-46(60-26-30-64-34-38-70-56(64)42-15-7-2-8-16-42)50(49)54(68)52-48(62-28-32-66-36-40-72-58(66)44-19-11-4-12-20-44)24-23-47(51(52)53)61-27-31-65-35-39-71-57(65)43-17-9-3-10-18-43/h1-24,55-62H,25-40H2. The van der Waals surface area contributed by atoms with Gasteiger partial charge in [-0.3, -0.25) is 29.2 Å². The van der Waals surface area contributed by atoms with Gasteiger partial charge in [-0.25, -0.2) is 0 Å². The van der Waals surface area contributed by atoms with Crippen LogP contribution in [0.2, 0.25) is 0 Å². The van der Waals surface area contributed by atoms with Gasteiger partial charge < -0.3 is 40.2 Å². The number of carbonyl (C=O) groups is 2. The molecule has 4 atom stereocenters. The molecule has 4 saturated heterocycles. The lowest BCUT2D eigenvalue weighted by atomic mass is 9.80. The van der Waals surface area contributed by atoms with E-state index in [0.29, 0.717) is 124 Å². The van der Waals surface area contributed by atoms with Crippen LogP contribution in [-0.2, 0) is 18.9 Å². The number of nitrogens with one attached hydrogen (secondary N) is 4. The first-order valence-corrected chi connectivity index (χ1v) is 25.6. The van der Waals surface area contributed by atoms with Crippen LogP contribution in [0.1, 0.15) is 79.0 Å². The summed E-state index contributed by atoms with van der Waals surface area (Å²) in [6.45, 7) is 10.5. The second-order valence-corrected chi connectivity index (χ2v) is 18.9. The Kier molecular flexibility index (Phi) is 15.0. The Morgan fingerprint density at radius 2 is 0.556 bits per heavy atom. The van der Waals surface area contributed by atoms with Crippen molar-refractivity contribution in [2.24, 2.45) is 0 Å². The Balaban J connectivity index is 0.892. The summed E-state index contributed by atoms with van der Waals surface area (Å²) < 4.78 is 24.7. The van der Waals surface area contributed by atoms with Gasteiger partial charge in [-0.05, 0) is 46.5 Å². The van der Waals surface area contributed by atoms with E-state index in [1.807, 2.05) is 97.1 Å². The van der Waals surface area contributed by atoms with E-state index < -0.39 is 0 Å². The molecule has 0 spiro atoms. The molecule has 4 fully saturated rings. The van der Waals surface area contributed by atoms with Crippen LogP contribution in [-0.4, -0.2) is 136 Å². The molecule has 14 nitrogen and oxygen atoms in total. The lowest BCUT2D eigenvalue weighted by Crippen LogP contribution is -2.33. The third-order valence-corrected chi connectivity index (χ3v) is 14.5. The van der Waals surface area contributed by atoms with Crippen molar-refractivity contribution in [2.45, 2.75) is 24.9 Å². The molecule has 0 saturated carbocycles. The Hall–Kier alpha value is -6.46. The minimum absolute atomic E-state index is 0.150. The molecule has 372 valence electrons. The van der Waals surface area contributed by atoms with Crippen molar-refractivity contribution >= 4 is 34.3 Å². The zero-order chi connectivity index (χ0) is 48.6. The molecule has 11 rings (SSSR count). The van der Waals surface area contributed by atoms with E-state index in [1.54, 1.807) is 0 Å². The smallest absolute Gasteiger partial charge is 0.198 e. The predicted molar refractivity (Wildman–Crippen MR) is 281 cm³/mol. The first-order chi connectivity index (χ1) is 35.6. The third-order valence-electron chi connectivity index (χ3n) is 14.5. The van der Waals surface area contributed by atoms with Crippen LogP contribution in [0.25, 0.3) is 0 Å². The fourth-order valence-electron chi connectivity index (χ4n) is 11.0. The second kappa shape index (κ2) is 22.5. The molecule has 6 aromatic carbocycles.